The maximum Gasteiger partial charge on any atom is 0.328 e. The van der Waals surface area contributed by atoms with E-state index >= 15 is 0 Å². The number of ether oxygens (including phenoxy) is 1. The lowest BCUT2D eigenvalue weighted by Gasteiger charge is -2.12. The lowest BCUT2D eigenvalue weighted by Crippen LogP contribution is -2.39. The number of carbonyl (C=O) groups is 3. The van der Waals surface area contributed by atoms with E-state index in [1.807, 2.05) is 0 Å². The van der Waals surface area contributed by atoms with Crippen LogP contribution in [0.1, 0.15) is 26.2 Å². The molecule has 84 valence electrons. The standard InChI is InChI=1S/C9H14N2O4/c1-5-4-8(13)11-6(9(14)15-5)2-3-7(10)12/h5-6H,2-4H2,1H3,(H2,10,12)(H,11,13). The Morgan fingerprint density at radius 2 is 2.27 bits per heavy atom. The molecule has 0 aromatic carbocycles. The lowest BCUT2D eigenvalue weighted by atomic mass is 10.1. The molecule has 6 heteroatoms. The van der Waals surface area contributed by atoms with E-state index in [1.165, 1.54) is 0 Å². The molecule has 0 radical (unpaired) electrons. The molecule has 1 rings (SSSR count). The number of rotatable bonds is 3. The van der Waals surface area contributed by atoms with Crippen LogP contribution >= 0.6 is 0 Å². The number of nitrogens with two attached hydrogens (primary N) is 1. The molecule has 0 spiro atoms. The highest BCUT2D eigenvalue weighted by Crippen LogP contribution is 2.09. The summed E-state index contributed by atoms with van der Waals surface area (Å²) in [7, 11) is 0. The number of hydrogen-bond donors (Lipinski definition) is 2. The molecule has 0 aliphatic carbocycles. The van der Waals surface area contributed by atoms with E-state index in [2.05, 4.69) is 5.32 Å². The average Bonchev–Trinajstić information content (AvgIpc) is 2.21. The van der Waals surface area contributed by atoms with E-state index in [9.17, 15) is 14.4 Å². The predicted molar refractivity (Wildman–Crippen MR) is 50.5 cm³/mol. The molecule has 2 unspecified atom stereocenters. The third-order valence-corrected chi connectivity index (χ3v) is 2.09. The van der Waals surface area contributed by atoms with Gasteiger partial charge in [0.15, 0.2) is 0 Å². The maximum absolute atomic E-state index is 11.4. The molecular formula is C9H14N2O4. The fourth-order valence-corrected chi connectivity index (χ4v) is 1.37. The SMILES string of the molecule is CC1CC(=O)NC(CCC(N)=O)C(=O)O1. The minimum atomic E-state index is -0.755. The average molecular weight is 214 g/mol. The Bertz CT molecular complexity index is 290. The smallest absolute Gasteiger partial charge is 0.328 e. The van der Waals surface area contributed by atoms with Crippen molar-refractivity contribution in [2.75, 3.05) is 0 Å². The first-order valence-electron chi connectivity index (χ1n) is 4.77. The van der Waals surface area contributed by atoms with E-state index in [1.54, 1.807) is 6.92 Å². The molecular weight excluding hydrogens is 200 g/mol. The zero-order valence-electron chi connectivity index (χ0n) is 8.49. The number of carbonyl (C=O) groups excluding carboxylic acids is 3. The molecule has 0 aromatic rings. The van der Waals surface area contributed by atoms with Crippen LogP contribution in [0.4, 0.5) is 0 Å². The van der Waals surface area contributed by atoms with Gasteiger partial charge in [-0.25, -0.2) is 4.79 Å². The van der Waals surface area contributed by atoms with Crippen LogP contribution in [0.25, 0.3) is 0 Å². The molecule has 1 fully saturated rings. The minimum Gasteiger partial charge on any atom is -0.461 e. The van der Waals surface area contributed by atoms with Gasteiger partial charge in [-0.15, -0.1) is 0 Å². The van der Waals surface area contributed by atoms with Crippen LogP contribution in [0.3, 0.4) is 0 Å². The molecule has 0 saturated carbocycles. The monoisotopic (exact) mass is 214 g/mol. The zero-order chi connectivity index (χ0) is 11.4. The van der Waals surface area contributed by atoms with Crippen LogP contribution in [0.5, 0.6) is 0 Å². The van der Waals surface area contributed by atoms with Crippen molar-refractivity contribution in [3.8, 4) is 0 Å². The Morgan fingerprint density at radius 3 is 2.87 bits per heavy atom. The first-order valence-corrected chi connectivity index (χ1v) is 4.77. The van der Waals surface area contributed by atoms with Gasteiger partial charge in [0.2, 0.25) is 11.8 Å². The number of esters is 1. The summed E-state index contributed by atoms with van der Waals surface area (Å²) in [6.45, 7) is 1.65. The number of cyclic esters (lactones) is 1. The van der Waals surface area contributed by atoms with Crippen LogP contribution in [0.2, 0.25) is 0 Å². The van der Waals surface area contributed by atoms with Gasteiger partial charge in [-0.3, -0.25) is 9.59 Å². The first-order chi connectivity index (χ1) is 6.99. The van der Waals surface area contributed by atoms with Crippen LogP contribution in [-0.2, 0) is 19.1 Å². The molecule has 2 amide bonds. The van der Waals surface area contributed by atoms with Crippen molar-refractivity contribution in [3.63, 3.8) is 0 Å². The second-order valence-corrected chi connectivity index (χ2v) is 3.58. The molecule has 15 heavy (non-hydrogen) atoms. The van der Waals surface area contributed by atoms with Crippen LogP contribution in [0, 0.1) is 0 Å². The lowest BCUT2D eigenvalue weighted by molar-refractivity contribution is -0.149. The van der Waals surface area contributed by atoms with Crippen molar-refractivity contribution in [1.82, 2.24) is 5.32 Å². The molecule has 2 atom stereocenters. The molecule has 6 nitrogen and oxygen atoms in total. The highest BCUT2D eigenvalue weighted by molar-refractivity contribution is 5.87. The van der Waals surface area contributed by atoms with E-state index in [-0.39, 0.29) is 25.2 Å². The Hall–Kier alpha value is -1.59. The summed E-state index contributed by atoms with van der Waals surface area (Å²) in [6.07, 6.45) is -0.0315. The Kier molecular flexibility index (Phi) is 3.65. The zero-order valence-corrected chi connectivity index (χ0v) is 8.49. The van der Waals surface area contributed by atoms with Gasteiger partial charge in [0, 0.05) is 6.42 Å². The van der Waals surface area contributed by atoms with Gasteiger partial charge in [0.05, 0.1) is 6.42 Å². The molecule has 0 aromatic heterocycles. The fourth-order valence-electron chi connectivity index (χ4n) is 1.37. The Labute approximate surface area is 87.1 Å². The van der Waals surface area contributed by atoms with Crippen molar-refractivity contribution < 1.29 is 19.1 Å². The molecule has 1 aliphatic rings. The van der Waals surface area contributed by atoms with Gasteiger partial charge in [-0.1, -0.05) is 0 Å². The number of hydrogen-bond acceptors (Lipinski definition) is 4. The molecule has 1 heterocycles. The number of nitrogens with one attached hydrogen (secondary N) is 1. The molecule has 1 aliphatic heterocycles. The van der Waals surface area contributed by atoms with Gasteiger partial charge < -0.3 is 15.8 Å². The normalized spacial score (nSPS) is 26.5. The van der Waals surface area contributed by atoms with Gasteiger partial charge in [0.1, 0.15) is 12.1 Å². The maximum atomic E-state index is 11.4. The molecule has 0 bridgehead atoms. The topological polar surface area (TPSA) is 98.5 Å². The van der Waals surface area contributed by atoms with Crippen molar-refractivity contribution in [2.45, 2.75) is 38.3 Å². The second kappa shape index (κ2) is 4.77. The van der Waals surface area contributed by atoms with Gasteiger partial charge in [0.25, 0.3) is 0 Å². The van der Waals surface area contributed by atoms with E-state index < -0.39 is 24.0 Å². The summed E-state index contributed by atoms with van der Waals surface area (Å²) < 4.78 is 4.95. The van der Waals surface area contributed by atoms with E-state index in [0.717, 1.165) is 0 Å². The van der Waals surface area contributed by atoms with Gasteiger partial charge in [-0.05, 0) is 13.3 Å². The summed E-state index contributed by atoms with van der Waals surface area (Å²) in [5.41, 5.74) is 4.95. The third kappa shape index (κ3) is 3.57. The van der Waals surface area contributed by atoms with E-state index in [0.29, 0.717) is 0 Å². The Balaban J connectivity index is 2.57. The van der Waals surface area contributed by atoms with Crippen LogP contribution in [0.15, 0.2) is 0 Å². The summed E-state index contributed by atoms with van der Waals surface area (Å²) in [5, 5.41) is 2.49. The second-order valence-electron chi connectivity index (χ2n) is 3.58. The quantitative estimate of drug-likeness (QED) is 0.593. The van der Waals surface area contributed by atoms with Crippen molar-refractivity contribution in [3.05, 3.63) is 0 Å². The first kappa shape index (κ1) is 11.5. The fraction of sp³-hybridized carbons (Fsp3) is 0.667. The number of amides is 2. The Morgan fingerprint density at radius 1 is 1.60 bits per heavy atom. The molecule has 3 N–H and O–H groups in total. The van der Waals surface area contributed by atoms with Gasteiger partial charge in [-0.2, -0.15) is 0 Å². The van der Waals surface area contributed by atoms with Crippen molar-refractivity contribution >= 4 is 17.8 Å². The highest BCUT2D eigenvalue weighted by atomic mass is 16.5. The predicted octanol–water partition coefficient (Wildman–Crippen LogP) is -0.928. The number of primary amides is 1. The van der Waals surface area contributed by atoms with Crippen molar-refractivity contribution in [2.24, 2.45) is 5.73 Å². The van der Waals surface area contributed by atoms with Crippen molar-refractivity contribution in [1.29, 1.82) is 0 Å². The minimum absolute atomic E-state index is 0.0500. The summed E-state index contributed by atoms with van der Waals surface area (Å²) in [4.78, 5) is 33.2. The summed E-state index contributed by atoms with van der Waals surface area (Å²) >= 11 is 0. The van der Waals surface area contributed by atoms with E-state index in [4.69, 9.17) is 10.5 Å². The highest BCUT2D eigenvalue weighted by Gasteiger charge is 2.29. The summed E-state index contributed by atoms with van der Waals surface area (Å²) in [6, 6.07) is -0.755. The van der Waals surface area contributed by atoms with Crippen LogP contribution in [-0.4, -0.2) is 29.9 Å². The molecule has 1 saturated heterocycles. The summed E-state index contributed by atoms with van der Waals surface area (Å²) in [5.74, 6) is -1.26. The van der Waals surface area contributed by atoms with Crippen LogP contribution < -0.4 is 11.1 Å². The largest absolute Gasteiger partial charge is 0.461 e. The third-order valence-electron chi connectivity index (χ3n) is 2.09. The van der Waals surface area contributed by atoms with Gasteiger partial charge >= 0.3 is 5.97 Å².